The number of piperazine rings is 1. The van der Waals surface area contributed by atoms with Crippen molar-refractivity contribution in [2.75, 3.05) is 44.2 Å². The molecule has 1 unspecified atom stereocenters. The number of carbonyl (C=O) groups excluding carboxylic acids is 1. The molecule has 0 aliphatic carbocycles. The van der Waals surface area contributed by atoms with E-state index in [0.717, 1.165) is 4.90 Å². The van der Waals surface area contributed by atoms with Gasteiger partial charge in [0.25, 0.3) is 0 Å². The normalized spacial score (nSPS) is 22.8. The first-order valence-corrected chi connectivity index (χ1v) is 8.69. The number of carbonyl (C=O) groups is 1. The predicted octanol–water partition coefficient (Wildman–Crippen LogP) is 2.27. The van der Waals surface area contributed by atoms with Crippen molar-refractivity contribution in [3.05, 3.63) is 22.6 Å². The minimum atomic E-state index is -4.38. The predicted molar refractivity (Wildman–Crippen MR) is 86.7 cm³/mol. The van der Waals surface area contributed by atoms with Crippen LogP contribution in [0.4, 0.5) is 23.4 Å². The molecule has 0 N–H and O–H groups in total. The number of aromatic nitrogens is 1. The molecule has 138 valence electrons. The number of alkyl halides is 3. The first-order valence-electron chi connectivity index (χ1n) is 7.90. The van der Waals surface area contributed by atoms with Crippen LogP contribution in [0.1, 0.15) is 6.42 Å². The maximum absolute atomic E-state index is 14.0. The molecular formula is C15H17BrF4N4O. The largest absolute Gasteiger partial charge is 0.406 e. The molecule has 0 aromatic carbocycles. The quantitative estimate of drug-likeness (QED) is 0.697. The number of amides is 1. The minimum Gasteiger partial charge on any atom is -0.352 e. The van der Waals surface area contributed by atoms with Gasteiger partial charge in [0.1, 0.15) is 6.54 Å². The van der Waals surface area contributed by atoms with Crippen molar-refractivity contribution in [3.8, 4) is 0 Å². The molecule has 2 aliphatic rings. The summed E-state index contributed by atoms with van der Waals surface area (Å²) >= 11 is 3.16. The Morgan fingerprint density at radius 2 is 1.88 bits per heavy atom. The van der Waals surface area contributed by atoms with Crippen molar-refractivity contribution < 1.29 is 22.4 Å². The van der Waals surface area contributed by atoms with Gasteiger partial charge in [0.05, 0.1) is 6.04 Å². The van der Waals surface area contributed by atoms with Crippen LogP contribution in [0, 0.1) is 5.82 Å². The van der Waals surface area contributed by atoms with Crippen LogP contribution in [-0.2, 0) is 4.79 Å². The highest BCUT2D eigenvalue weighted by Crippen LogP contribution is 2.26. The molecule has 0 saturated carbocycles. The van der Waals surface area contributed by atoms with E-state index >= 15 is 0 Å². The van der Waals surface area contributed by atoms with E-state index in [0.29, 0.717) is 37.1 Å². The van der Waals surface area contributed by atoms with Gasteiger partial charge in [-0.1, -0.05) is 0 Å². The highest BCUT2D eigenvalue weighted by atomic mass is 79.9. The standard InChI is InChI=1S/C15H17BrF4N4O/c16-10-7-11(17)13(21-8-10)23-5-3-22(4-6-23)12-1-2-24(14(12)25)9-15(18,19)20/h7-8,12H,1-6,9H2. The lowest BCUT2D eigenvalue weighted by molar-refractivity contribution is -0.159. The van der Waals surface area contributed by atoms with Gasteiger partial charge in [-0.15, -0.1) is 0 Å². The zero-order chi connectivity index (χ0) is 18.2. The van der Waals surface area contributed by atoms with Gasteiger partial charge in [0, 0.05) is 43.4 Å². The van der Waals surface area contributed by atoms with E-state index in [2.05, 4.69) is 20.9 Å². The van der Waals surface area contributed by atoms with E-state index < -0.39 is 30.5 Å². The number of pyridine rings is 1. The van der Waals surface area contributed by atoms with Gasteiger partial charge in [-0.25, -0.2) is 9.37 Å². The Morgan fingerprint density at radius 3 is 2.48 bits per heavy atom. The topological polar surface area (TPSA) is 39.7 Å². The molecule has 1 amide bonds. The Labute approximate surface area is 150 Å². The summed E-state index contributed by atoms with van der Waals surface area (Å²) in [7, 11) is 0. The molecule has 1 aromatic rings. The maximum atomic E-state index is 14.0. The lowest BCUT2D eigenvalue weighted by atomic mass is 10.2. The average molecular weight is 425 g/mol. The third-order valence-corrected chi connectivity index (χ3v) is 4.92. The second-order valence-electron chi connectivity index (χ2n) is 6.16. The summed E-state index contributed by atoms with van der Waals surface area (Å²) in [4.78, 5) is 20.8. The third kappa shape index (κ3) is 4.22. The molecule has 0 spiro atoms. The van der Waals surface area contributed by atoms with Crippen LogP contribution in [0.5, 0.6) is 0 Å². The highest BCUT2D eigenvalue weighted by Gasteiger charge is 2.42. The Kier molecular flexibility index (Phi) is 5.19. The number of rotatable bonds is 3. The first-order chi connectivity index (χ1) is 11.7. The van der Waals surface area contributed by atoms with Crippen LogP contribution in [0.3, 0.4) is 0 Å². The number of anilines is 1. The Morgan fingerprint density at radius 1 is 1.20 bits per heavy atom. The number of nitrogens with zero attached hydrogens (tertiary/aromatic N) is 4. The maximum Gasteiger partial charge on any atom is 0.406 e. The summed E-state index contributed by atoms with van der Waals surface area (Å²) in [5, 5.41) is 0. The van der Waals surface area contributed by atoms with Crippen molar-refractivity contribution in [3.63, 3.8) is 0 Å². The lowest BCUT2D eigenvalue weighted by Crippen LogP contribution is -2.53. The zero-order valence-electron chi connectivity index (χ0n) is 13.3. The van der Waals surface area contributed by atoms with E-state index in [1.54, 1.807) is 4.90 Å². The molecule has 10 heteroatoms. The summed E-state index contributed by atoms with van der Waals surface area (Å²) in [6.07, 6.45) is -2.48. The molecule has 2 aliphatic heterocycles. The summed E-state index contributed by atoms with van der Waals surface area (Å²) in [6.45, 7) is 0.812. The van der Waals surface area contributed by atoms with E-state index in [9.17, 15) is 22.4 Å². The van der Waals surface area contributed by atoms with E-state index in [-0.39, 0.29) is 12.4 Å². The Balaban J connectivity index is 1.58. The molecule has 1 atom stereocenters. The molecule has 5 nitrogen and oxygen atoms in total. The van der Waals surface area contributed by atoms with Gasteiger partial charge in [0.2, 0.25) is 5.91 Å². The van der Waals surface area contributed by atoms with Crippen molar-refractivity contribution in [2.24, 2.45) is 0 Å². The first kappa shape index (κ1) is 18.4. The van der Waals surface area contributed by atoms with Gasteiger partial charge in [0.15, 0.2) is 11.6 Å². The van der Waals surface area contributed by atoms with Gasteiger partial charge in [-0.3, -0.25) is 9.69 Å². The van der Waals surface area contributed by atoms with Gasteiger partial charge >= 0.3 is 6.18 Å². The van der Waals surface area contributed by atoms with Crippen LogP contribution in [0.25, 0.3) is 0 Å². The SMILES string of the molecule is O=C1C(N2CCN(c3ncc(Br)cc3F)CC2)CCN1CC(F)(F)F. The van der Waals surface area contributed by atoms with Crippen molar-refractivity contribution in [2.45, 2.75) is 18.6 Å². The molecule has 1 aromatic heterocycles. The van der Waals surface area contributed by atoms with Crippen molar-refractivity contribution in [1.82, 2.24) is 14.8 Å². The minimum absolute atomic E-state index is 0.117. The summed E-state index contributed by atoms with van der Waals surface area (Å²) < 4.78 is 52.0. The average Bonchev–Trinajstić information content (AvgIpc) is 2.87. The van der Waals surface area contributed by atoms with Gasteiger partial charge in [-0.2, -0.15) is 13.2 Å². The Bertz CT molecular complexity index is 649. The molecule has 3 heterocycles. The highest BCUT2D eigenvalue weighted by molar-refractivity contribution is 9.10. The second-order valence-corrected chi connectivity index (χ2v) is 7.08. The fourth-order valence-electron chi connectivity index (χ4n) is 3.32. The number of halogens is 5. The van der Waals surface area contributed by atoms with Gasteiger partial charge < -0.3 is 9.80 Å². The van der Waals surface area contributed by atoms with E-state index in [1.807, 2.05) is 4.90 Å². The van der Waals surface area contributed by atoms with E-state index in [1.165, 1.54) is 12.3 Å². The lowest BCUT2D eigenvalue weighted by Gasteiger charge is -2.37. The Hall–Kier alpha value is -1.42. The number of hydrogen-bond donors (Lipinski definition) is 0. The fourth-order valence-corrected chi connectivity index (χ4v) is 3.62. The summed E-state index contributed by atoms with van der Waals surface area (Å²) in [5.74, 6) is -0.658. The summed E-state index contributed by atoms with van der Waals surface area (Å²) in [5.41, 5.74) is 0. The van der Waals surface area contributed by atoms with Crippen LogP contribution in [-0.4, -0.2) is 72.2 Å². The third-order valence-electron chi connectivity index (χ3n) is 4.48. The smallest absolute Gasteiger partial charge is 0.352 e. The fraction of sp³-hybridized carbons (Fsp3) is 0.600. The molecular weight excluding hydrogens is 408 g/mol. The summed E-state index contributed by atoms with van der Waals surface area (Å²) in [6, 6.07) is 0.816. The molecule has 0 bridgehead atoms. The molecule has 2 saturated heterocycles. The van der Waals surface area contributed by atoms with Crippen LogP contribution < -0.4 is 4.90 Å². The molecule has 3 rings (SSSR count). The van der Waals surface area contributed by atoms with Crippen LogP contribution in [0.2, 0.25) is 0 Å². The van der Waals surface area contributed by atoms with Crippen LogP contribution in [0.15, 0.2) is 16.7 Å². The van der Waals surface area contributed by atoms with Crippen LogP contribution >= 0.6 is 15.9 Å². The molecule has 2 fully saturated rings. The van der Waals surface area contributed by atoms with E-state index in [4.69, 9.17) is 0 Å². The molecule has 0 radical (unpaired) electrons. The molecule has 25 heavy (non-hydrogen) atoms. The number of likely N-dealkylation sites (tertiary alicyclic amines) is 1. The zero-order valence-corrected chi connectivity index (χ0v) is 14.9. The van der Waals surface area contributed by atoms with Gasteiger partial charge in [-0.05, 0) is 28.4 Å². The van der Waals surface area contributed by atoms with Crippen molar-refractivity contribution >= 4 is 27.7 Å². The number of hydrogen-bond acceptors (Lipinski definition) is 4. The monoisotopic (exact) mass is 424 g/mol. The second kappa shape index (κ2) is 7.06. The van der Waals surface area contributed by atoms with Crippen molar-refractivity contribution in [1.29, 1.82) is 0 Å².